The van der Waals surface area contributed by atoms with E-state index < -0.39 is 16.1 Å². The second-order valence-electron chi connectivity index (χ2n) is 8.30. The van der Waals surface area contributed by atoms with Gasteiger partial charge in [0.05, 0.1) is 17.1 Å². The van der Waals surface area contributed by atoms with Gasteiger partial charge in [0, 0.05) is 12.2 Å². The molecule has 7 heteroatoms. The van der Waals surface area contributed by atoms with Gasteiger partial charge in [-0.1, -0.05) is 42.0 Å². The number of hydrogen-bond donors (Lipinski definition) is 0. The Bertz CT molecular complexity index is 1300. The van der Waals surface area contributed by atoms with Gasteiger partial charge in [-0.2, -0.15) is 0 Å². The molecule has 5 rings (SSSR count). The molecule has 0 saturated heterocycles. The molecule has 0 aromatic heterocycles. The van der Waals surface area contributed by atoms with E-state index in [1.54, 1.807) is 41.3 Å². The highest BCUT2D eigenvalue weighted by Crippen LogP contribution is 2.39. The van der Waals surface area contributed by atoms with Crippen molar-refractivity contribution in [2.75, 3.05) is 22.3 Å². The van der Waals surface area contributed by atoms with Gasteiger partial charge in [0.2, 0.25) is 0 Å². The van der Waals surface area contributed by atoms with Gasteiger partial charge in [0.15, 0.2) is 6.10 Å². The molecule has 1 amide bonds. The van der Waals surface area contributed by atoms with Gasteiger partial charge < -0.3 is 9.64 Å². The van der Waals surface area contributed by atoms with Crippen LogP contribution in [-0.2, 0) is 21.2 Å². The molecular formula is C25H24N2O4S. The summed E-state index contributed by atoms with van der Waals surface area (Å²) in [6.07, 6.45) is -0.161. The van der Waals surface area contributed by atoms with Crippen molar-refractivity contribution in [1.29, 1.82) is 0 Å². The van der Waals surface area contributed by atoms with Gasteiger partial charge in [-0.25, -0.2) is 8.42 Å². The van der Waals surface area contributed by atoms with Crippen LogP contribution in [0.3, 0.4) is 0 Å². The summed E-state index contributed by atoms with van der Waals surface area (Å²) in [4.78, 5) is 15.4. The van der Waals surface area contributed by atoms with E-state index in [2.05, 4.69) is 0 Å². The molecule has 32 heavy (non-hydrogen) atoms. The zero-order chi connectivity index (χ0) is 22.5. The average molecular weight is 449 g/mol. The molecule has 2 heterocycles. The van der Waals surface area contributed by atoms with Crippen LogP contribution in [0.5, 0.6) is 5.75 Å². The van der Waals surface area contributed by atoms with E-state index in [-0.39, 0.29) is 17.3 Å². The van der Waals surface area contributed by atoms with Crippen LogP contribution in [0, 0.1) is 13.8 Å². The summed E-state index contributed by atoms with van der Waals surface area (Å²) in [6, 6.07) is 19.9. The number of ether oxygens (including phenoxy) is 1. The number of hydrogen-bond acceptors (Lipinski definition) is 4. The molecule has 0 saturated carbocycles. The van der Waals surface area contributed by atoms with Crippen molar-refractivity contribution in [2.24, 2.45) is 0 Å². The Morgan fingerprint density at radius 2 is 1.66 bits per heavy atom. The number of aryl methyl sites for hydroxylation is 2. The van der Waals surface area contributed by atoms with Gasteiger partial charge in [-0.15, -0.1) is 0 Å². The van der Waals surface area contributed by atoms with E-state index in [4.69, 9.17) is 4.74 Å². The third-order valence-electron chi connectivity index (χ3n) is 6.02. The van der Waals surface area contributed by atoms with Crippen molar-refractivity contribution in [3.63, 3.8) is 0 Å². The minimum absolute atomic E-state index is 0.0796. The van der Waals surface area contributed by atoms with Crippen molar-refractivity contribution >= 4 is 27.3 Å². The number of para-hydroxylation sites is 1. The van der Waals surface area contributed by atoms with Gasteiger partial charge in [0.25, 0.3) is 15.9 Å². The van der Waals surface area contributed by atoms with Crippen LogP contribution in [0.2, 0.25) is 0 Å². The predicted molar refractivity (Wildman–Crippen MR) is 124 cm³/mol. The van der Waals surface area contributed by atoms with E-state index >= 15 is 0 Å². The van der Waals surface area contributed by atoms with E-state index in [1.165, 1.54) is 4.31 Å². The van der Waals surface area contributed by atoms with Gasteiger partial charge in [-0.05, 0) is 61.7 Å². The molecule has 3 aromatic rings. The third-order valence-corrected chi connectivity index (χ3v) is 7.82. The largest absolute Gasteiger partial charge is 0.476 e. The summed E-state index contributed by atoms with van der Waals surface area (Å²) in [6.45, 7) is 4.30. The Morgan fingerprint density at radius 1 is 0.938 bits per heavy atom. The first kappa shape index (κ1) is 20.6. The molecule has 3 aromatic carbocycles. The molecule has 2 aliphatic heterocycles. The standard InChI is InChI=1S/C25H24N2O4S/c1-17-7-10-20(11-8-17)32(29,30)27-16-24(31-23-15-18(2)9-12-22(23)27)25(28)26-14-13-19-5-3-4-6-21(19)26/h3-12,15,24H,13-14,16H2,1-2H3. The Labute approximate surface area is 188 Å². The van der Waals surface area contributed by atoms with Crippen LogP contribution in [-0.4, -0.2) is 33.5 Å². The van der Waals surface area contributed by atoms with Crippen molar-refractivity contribution in [2.45, 2.75) is 31.3 Å². The van der Waals surface area contributed by atoms with Crippen LogP contribution >= 0.6 is 0 Å². The summed E-state index contributed by atoms with van der Waals surface area (Å²) in [7, 11) is -3.87. The molecule has 164 valence electrons. The highest BCUT2D eigenvalue weighted by atomic mass is 32.2. The number of amides is 1. The molecule has 6 nitrogen and oxygen atoms in total. The number of carbonyl (C=O) groups excluding carboxylic acids is 1. The smallest absolute Gasteiger partial charge is 0.269 e. The Balaban J connectivity index is 1.54. The van der Waals surface area contributed by atoms with Gasteiger partial charge >= 0.3 is 0 Å². The van der Waals surface area contributed by atoms with E-state index in [0.717, 1.165) is 28.8 Å². The van der Waals surface area contributed by atoms with Crippen LogP contribution in [0.25, 0.3) is 0 Å². The minimum atomic E-state index is -3.87. The summed E-state index contributed by atoms with van der Waals surface area (Å²) in [5, 5.41) is 0. The second kappa shape index (κ2) is 7.67. The lowest BCUT2D eigenvalue weighted by molar-refractivity contribution is -0.125. The number of benzene rings is 3. The lowest BCUT2D eigenvalue weighted by Crippen LogP contribution is -2.51. The van der Waals surface area contributed by atoms with Crippen molar-refractivity contribution < 1.29 is 17.9 Å². The third kappa shape index (κ3) is 3.42. The normalized spacial score (nSPS) is 17.5. The first-order chi connectivity index (χ1) is 15.3. The number of nitrogens with zero attached hydrogens (tertiary/aromatic N) is 2. The SMILES string of the molecule is Cc1ccc(S(=O)(=O)N2CC(C(=O)N3CCc4ccccc43)Oc3cc(C)ccc32)cc1. The fourth-order valence-corrected chi connectivity index (χ4v) is 5.77. The maximum absolute atomic E-state index is 13.6. The van der Waals surface area contributed by atoms with Crippen LogP contribution in [0.15, 0.2) is 71.6 Å². The van der Waals surface area contributed by atoms with Gasteiger partial charge in [0.1, 0.15) is 5.75 Å². The topological polar surface area (TPSA) is 66.9 Å². The molecule has 0 spiro atoms. The van der Waals surface area contributed by atoms with E-state index in [1.807, 2.05) is 44.2 Å². The number of sulfonamides is 1. The van der Waals surface area contributed by atoms with Crippen LogP contribution < -0.4 is 13.9 Å². The summed E-state index contributed by atoms with van der Waals surface area (Å²) in [5.74, 6) is 0.170. The zero-order valence-corrected chi connectivity index (χ0v) is 18.8. The Morgan fingerprint density at radius 3 is 2.44 bits per heavy atom. The lowest BCUT2D eigenvalue weighted by atomic mass is 10.1. The van der Waals surface area contributed by atoms with Gasteiger partial charge in [-0.3, -0.25) is 9.10 Å². The van der Waals surface area contributed by atoms with E-state index in [0.29, 0.717) is 18.0 Å². The highest BCUT2D eigenvalue weighted by molar-refractivity contribution is 7.92. The monoisotopic (exact) mass is 448 g/mol. The number of fused-ring (bicyclic) bond motifs is 2. The molecule has 0 fully saturated rings. The molecule has 0 N–H and O–H groups in total. The maximum Gasteiger partial charge on any atom is 0.269 e. The minimum Gasteiger partial charge on any atom is -0.476 e. The van der Waals surface area contributed by atoms with Crippen LogP contribution in [0.4, 0.5) is 11.4 Å². The predicted octanol–water partition coefficient (Wildman–Crippen LogP) is 3.85. The lowest BCUT2D eigenvalue weighted by Gasteiger charge is -2.36. The fraction of sp³-hybridized carbons (Fsp3) is 0.240. The van der Waals surface area contributed by atoms with Crippen LogP contribution in [0.1, 0.15) is 16.7 Å². The van der Waals surface area contributed by atoms with Crippen molar-refractivity contribution in [3.8, 4) is 5.75 Å². The number of anilines is 2. The molecule has 0 radical (unpaired) electrons. The zero-order valence-electron chi connectivity index (χ0n) is 18.0. The molecule has 1 atom stereocenters. The first-order valence-corrected chi connectivity index (χ1v) is 12.0. The molecule has 0 bridgehead atoms. The molecule has 1 unspecified atom stereocenters. The summed E-state index contributed by atoms with van der Waals surface area (Å²) < 4.78 is 34.6. The van der Waals surface area contributed by atoms with Crippen molar-refractivity contribution in [3.05, 3.63) is 83.4 Å². The summed E-state index contributed by atoms with van der Waals surface area (Å²) in [5.41, 5.74) is 4.32. The second-order valence-corrected chi connectivity index (χ2v) is 10.2. The molecule has 2 aliphatic rings. The fourth-order valence-electron chi connectivity index (χ4n) is 4.30. The molecular weight excluding hydrogens is 424 g/mol. The Hall–Kier alpha value is -3.32. The maximum atomic E-state index is 13.6. The van der Waals surface area contributed by atoms with Crippen molar-refractivity contribution in [1.82, 2.24) is 0 Å². The van der Waals surface area contributed by atoms with E-state index in [9.17, 15) is 13.2 Å². The number of rotatable bonds is 3. The first-order valence-electron chi connectivity index (χ1n) is 10.6. The molecule has 0 aliphatic carbocycles. The number of carbonyl (C=O) groups is 1. The quantitative estimate of drug-likeness (QED) is 0.611. The Kier molecular flexibility index (Phi) is 4.93. The average Bonchev–Trinajstić information content (AvgIpc) is 3.22. The highest BCUT2D eigenvalue weighted by Gasteiger charge is 2.40. The summed E-state index contributed by atoms with van der Waals surface area (Å²) >= 11 is 0.